The molecule has 2 aromatic carbocycles. The fraction of sp³-hybridized carbons (Fsp3) is 0.148. The van der Waals surface area contributed by atoms with Crippen LogP contribution in [0.4, 0.5) is 4.39 Å². The van der Waals surface area contributed by atoms with Gasteiger partial charge in [-0.1, -0.05) is 53.3 Å². The Morgan fingerprint density at radius 3 is 2.73 bits per heavy atom. The van der Waals surface area contributed by atoms with Gasteiger partial charge < -0.3 is 13.9 Å². The number of methoxy groups -OCH3 is 1. The number of esters is 1. The van der Waals surface area contributed by atoms with E-state index in [0.29, 0.717) is 37.9 Å². The second-order valence-corrected chi connectivity index (χ2v) is 9.57. The van der Waals surface area contributed by atoms with E-state index in [9.17, 15) is 14.0 Å². The van der Waals surface area contributed by atoms with Crippen molar-refractivity contribution < 1.29 is 23.1 Å². The lowest BCUT2D eigenvalue weighted by Gasteiger charge is -2.24. The summed E-state index contributed by atoms with van der Waals surface area (Å²) in [5, 5.41) is -0.0348. The molecule has 0 radical (unpaired) electrons. The Labute approximate surface area is 219 Å². The molecule has 37 heavy (non-hydrogen) atoms. The highest BCUT2D eigenvalue weighted by molar-refractivity contribution is 7.07. The number of furan rings is 1. The Morgan fingerprint density at radius 2 is 2.00 bits per heavy atom. The van der Waals surface area contributed by atoms with Gasteiger partial charge in [-0.25, -0.2) is 14.2 Å². The van der Waals surface area contributed by atoms with Crippen LogP contribution in [-0.2, 0) is 16.1 Å². The van der Waals surface area contributed by atoms with E-state index in [2.05, 4.69) is 4.99 Å². The second kappa shape index (κ2) is 10.2. The third-order valence-corrected chi connectivity index (χ3v) is 7.04. The van der Waals surface area contributed by atoms with Crippen LogP contribution in [0, 0.1) is 5.82 Å². The van der Waals surface area contributed by atoms with Crippen LogP contribution >= 0.6 is 22.9 Å². The first-order valence-electron chi connectivity index (χ1n) is 11.2. The smallest absolute Gasteiger partial charge is 0.338 e. The molecule has 1 atom stereocenters. The summed E-state index contributed by atoms with van der Waals surface area (Å²) in [6.07, 6.45) is 1.63. The molecular weight excluding hydrogens is 519 g/mol. The molecule has 0 bridgehead atoms. The lowest BCUT2D eigenvalue weighted by atomic mass is 9.96. The number of nitrogens with zero attached hydrogens (tertiary/aromatic N) is 2. The molecule has 5 rings (SSSR count). The van der Waals surface area contributed by atoms with Crippen molar-refractivity contribution in [2.75, 3.05) is 7.11 Å². The molecule has 0 amide bonds. The maximum Gasteiger partial charge on any atom is 0.338 e. The Bertz CT molecular complexity index is 1700. The molecule has 0 saturated heterocycles. The third kappa shape index (κ3) is 4.87. The number of ether oxygens (including phenoxy) is 2. The van der Waals surface area contributed by atoms with Crippen molar-refractivity contribution in [2.24, 2.45) is 4.99 Å². The van der Waals surface area contributed by atoms with Crippen molar-refractivity contribution in [2.45, 2.75) is 19.6 Å². The van der Waals surface area contributed by atoms with Gasteiger partial charge in [0.2, 0.25) is 0 Å². The Morgan fingerprint density at radius 1 is 1.22 bits per heavy atom. The Balaban J connectivity index is 1.49. The quantitative estimate of drug-likeness (QED) is 0.340. The van der Waals surface area contributed by atoms with E-state index in [1.807, 2.05) is 30.3 Å². The minimum absolute atomic E-state index is 0.0348. The number of hydrogen-bond acceptors (Lipinski definition) is 7. The zero-order chi connectivity index (χ0) is 26.1. The molecule has 0 spiro atoms. The van der Waals surface area contributed by atoms with Crippen molar-refractivity contribution in [1.82, 2.24) is 4.57 Å². The predicted octanol–water partition coefficient (Wildman–Crippen LogP) is 4.37. The molecule has 3 heterocycles. The summed E-state index contributed by atoms with van der Waals surface area (Å²) in [5.41, 5.74) is 1.27. The van der Waals surface area contributed by atoms with Gasteiger partial charge in [-0.15, -0.1) is 0 Å². The molecule has 1 aliphatic heterocycles. The lowest BCUT2D eigenvalue weighted by Crippen LogP contribution is -2.39. The minimum atomic E-state index is -0.671. The van der Waals surface area contributed by atoms with Gasteiger partial charge in [0.05, 0.1) is 34.0 Å². The van der Waals surface area contributed by atoms with Gasteiger partial charge in [0.1, 0.15) is 29.7 Å². The number of carbonyl (C=O) groups is 1. The van der Waals surface area contributed by atoms with Crippen LogP contribution in [0.1, 0.15) is 30.0 Å². The highest BCUT2D eigenvalue weighted by Crippen LogP contribution is 2.30. The van der Waals surface area contributed by atoms with E-state index in [4.69, 9.17) is 25.5 Å². The van der Waals surface area contributed by atoms with E-state index in [-0.39, 0.29) is 17.2 Å². The van der Waals surface area contributed by atoms with E-state index in [0.717, 1.165) is 5.56 Å². The van der Waals surface area contributed by atoms with Gasteiger partial charge >= 0.3 is 5.97 Å². The van der Waals surface area contributed by atoms with E-state index in [1.165, 1.54) is 41.2 Å². The van der Waals surface area contributed by atoms with E-state index in [1.54, 1.807) is 25.1 Å². The average molecular weight is 539 g/mol. The standard InChI is InChI=1S/C27H20ClFN2O5S/c1-15-23(26(33)34-2)24(16-6-4-3-5-7-16)31-25(32)22(37-27(31)30-15)13-18-8-9-19(36-18)14-35-17-10-11-21(29)20(28)12-17/h3-13,24H,14H2,1-2H3/b22-13+. The number of rotatable bonds is 6. The van der Waals surface area contributed by atoms with E-state index < -0.39 is 17.8 Å². The summed E-state index contributed by atoms with van der Waals surface area (Å²) in [6, 6.07) is 16.1. The summed E-state index contributed by atoms with van der Waals surface area (Å²) in [7, 11) is 1.30. The molecule has 4 aromatic rings. The zero-order valence-electron chi connectivity index (χ0n) is 19.7. The molecule has 0 saturated carbocycles. The van der Waals surface area contributed by atoms with Gasteiger partial charge in [0.25, 0.3) is 5.56 Å². The van der Waals surface area contributed by atoms with Crippen molar-refractivity contribution in [3.63, 3.8) is 0 Å². The van der Waals surface area contributed by atoms with Crippen LogP contribution in [0.2, 0.25) is 5.02 Å². The second-order valence-electron chi connectivity index (χ2n) is 8.15. The van der Waals surface area contributed by atoms with Crippen LogP contribution in [0.5, 0.6) is 5.75 Å². The summed E-state index contributed by atoms with van der Waals surface area (Å²) in [5.74, 6) is 0.281. The average Bonchev–Trinajstić information content (AvgIpc) is 3.47. The van der Waals surface area contributed by atoms with Gasteiger partial charge in [-0.3, -0.25) is 9.36 Å². The maximum absolute atomic E-state index is 13.5. The summed E-state index contributed by atoms with van der Waals surface area (Å²) < 4.78 is 31.7. The van der Waals surface area contributed by atoms with Gasteiger partial charge in [-0.2, -0.15) is 0 Å². The molecule has 1 aliphatic rings. The molecule has 0 fully saturated rings. The molecule has 0 aliphatic carbocycles. The molecule has 10 heteroatoms. The topological polar surface area (TPSA) is 83.0 Å². The summed E-state index contributed by atoms with van der Waals surface area (Å²) in [4.78, 5) is 31.2. The van der Waals surface area contributed by atoms with Crippen molar-refractivity contribution in [3.8, 4) is 5.75 Å². The van der Waals surface area contributed by atoms with Crippen LogP contribution in [0.3, 0.4) is 0 Å². The number of hydrogen-bond donors (Lipinski definition) is 0. The number of aromatic nitrogens is 1. The Hall–Kier alpha value is -3.95. The monoisotopic (exact) mass is 538 g/mol. The highest BCUT2D eigenvalue weighted by Gasteiger charge is 2.32. The number of thiazole rings is 1. The molecular formula is C27H20ClFN2O5S. The third-order valence-electron chi connectivity index (χ3n) is 5.77. The summed E-state index contributed by atoms with van der Waals surface area (Å²) >= 11 is 6.99. The number of halogens is 2. The number of fused-ring (bicyclic) bond motifs is 1. The molecule has 188 valence electrons. The lowest BCUT2D eigenvalue weighted by molar-refractivity contribution is -0.136. The number of allylic oxidation sites excluding steroid dienone is 1. The largest absolute Gasteiger partial charge is 0.486 e. The van der Waals surface area contributed by atoms with Gasteiger partial charge in [-0.05, 0) is 36.8 Å². The predicted molar refractivity (Wildman–Crippen MR) is 137 cm³/mol. The zero-order valence-corrected chi connectivity index (χ0v) is 21.3. The van der Waals surface area contributed by atoms with Crippen LogP contribution in [0.25, 0.3) is 6.08 Å². The first kappa shape index (κ1) is 24.7. The fourth-order valence-corrected chi connectivity index (χ4v) is 5.24. The van der Waals surface area contributed by atoms with Crippen molar-refractivity contribution in [3.05, 3.63) is 120 Å². The minimum Gasteiger partial charge on any atom is -0.486 e. The Kier molecular flexibility index (Phi) is 6.82. The van der Waals surface area contributed by atoms with Crippen molar-refractivity contribution in [1.29, 1.82) is 0 Å². The fourth-order valence-electron chi connectivity index (χ4n) is 4.04. The first-order chi connectivity index (χ1) is 17.9. The molecule has 7 nitrogen and oxygen atoms in total. The maximum atomic E-state index is 13.5. The normalized spacial score (nSPS) is 15.4. The number of benzene rings is 2. The highest BCUT2D eigenvalue weighted by atomic mass is 35.5. The van der Waals surface area contributed by atoms with Crippen LogP contribution in [0.15, 0.2) is 86.1 Å². The summed E-state index contributed by atoms with van der Waals surface area (Å²) in [6.45, 7) is 1.82. The van der Waals surface area contributed by atoms with Gasteiger partial charge in [0.15, 0.2) is 4.80 Å². The first-order valence-corrected chi connectivity index (χ1v) is 12.4. The number of carbonyl (C=O) groups excluding carboxylic acids is 1. The van der Waals surface area contributed by atoms with Crippen LogP contribution < -0.4 is 19.6 Å². The van der Waals surface area contributed by atoms with Crippen molar-refractivity contribution >= 4 is 35.0 Å². The van der Waals surface area contributed by atoms with Crippen LogP contribution in [-0.4, -0.2) is 17.6 Å². The molecule has 2 aromatic heterocycles. The van der Waals surface area contributed by atoms with Gasteiger partial charge in [0, 0.05) is 12.1 Å². The SMILES string of the molecule is COC(=O)C1=C(C)N=c2s/c(=C/c3ccc(COc4ccc(F)c(Cl)c4)o3)c(=O)n2C1c1ccccc1. The van der Waals surface area contributed by atoms with E-state index >= 15 is 0 Å². The molecule has 0 N–H and O–H groups in total. The molecule has 1 unspecified atom stereocenters.